The summed E-state index contributed by atoms with van der Waals surface area (Å²) in [7, 11) is 0. The number of rotatable bonds is 1. The first-order valence-corrected chi connectivity index (χ1v) is 4.44. The van der Waals surface area contributed by atoms with Crippen LogP contribution in [-0.2, 0) is 12.4 Å². The highest BCUT2D eigenvalue weighted by Gasteiger charge is 2.41. The van der Waals surface area contributed by atoms with E-state index in [1.54, 1.807) is 0 Å². The van der Waals surface area contributed by atoms with E-state index < -0.39 is 40.9 Å². The summed E-state index contributed by atoms with van der Waals surface area (Å²) >= 11 is 0. The Hall–Kier alpha value is -2.04. The first kappa shape index (κ1) is 15.0. The van der Waals surface area contributed by atoms with E-state index in [1.807, 2.05) is 0 Å². The molecule has 5 nitrogen and oxygen atoms in total. The van der Waals surface area contributed by atoms with Crippen molar-refractivity contribution in [2.24, 2.45) is 5.84 Å². The van der Waals surface area contributed by atoms with Crippen LogP contribution in [0.3, 0.4) is 0 Å². The zero-order valence-corrected chi connectivity index (χ0v) is 8.86. The van der Waals surface area contributed by atoms with Gasteiger partial charge in [0.05, 0.1) is 11.1 Å². The number of hydrogen-bond acceptors (Lipinski definition) is 4. The normalized spacial score (nSPS) is 12.4. The number of nitrogens with zero attached hydrogens (tertiary/aromatic N) is 1. The molecule has 0 aliphatic carbocycles. The van der Waals surface area contributed by atoms with Crippen LogP contribution in [0.25, 0.3) is 0 Å². The van der Waals surface area contributed by atoms with Crippen LogP contribution in [0.1, 0.15) is 21.6 Å². The van der Waals surface area contributed by atoms with Crippen molar-refractivity contribution in [1.29, 1.82) is 0 Å². The lowest BCUT2D eigenvalue weighted by Crippen LogP contribution is -2.33. The number of pyridine rings is 1. The molecule has 0 bridgehead atoms. The van der Waals surface area contributed by atoms with E-state index in [0.29, 0.717) is 0 Å². The van der Waals surface area contributed by atoms with Gasteiger partial charge in [-0.15, -0.1) is 0 Å². The molecule has 5 N–H and O–H groups in total. The number of hydrazine groups is 1. The maximum atomic E-state index is 12.6. The fourth-order valence-corrected chi connectivity index (χ4v) is 1.24. The van der Waals surface area contributed by atoms with Gasteiger partial charge in [0.15, 0.2) is 0 Å². The van der Waals surface area contributed by atoms with Gasteiger partial charge < -0.3 is 5.73 Å². The molecule has 106 valence electrons. The summed E-state index contributed by atoms with van der Waals surface area (Å²) in [4.78, 5) is 13.8. The molecule has 0 saturated heterocycles. The van der Waals surface area contributed by atoms with Gasteiger partial charge in [0, 0.05) is 0 Å². The maximum Gasteiger partial charge on any atom is 0.433 e. The van der Waals surface area contributed by atoms with E-state index in [4.69, 9.17) is 5.73 Å². The van der Waals surface area contributed by atoms with Crippen LogP contribution >= 0.6 is 0 Å². The molecule has 0 spiro atoms. The lowest BCUT2D eigenvalue weighted by atomic mass is 10.1. The first-order valence-electron chi connectivity index (χ1n) is 4.44. The molecule has 19 heavy (non-hydrogen) atoms. The van der Waals surface area contributed by atoms with Crippen molar-refractivity contribution >= 4 is 11.7 Å². The van der Waals surface area contributed by atoms with Crippen molar-refractivity contribution in [1.82, 2.24) is 10.4 Å². The Morgan fingerprint density at radius 1 is 1.16 bits per heavy atom. The molecule has 0 aliphatic rings. The smallest absolute Gasteiger partial charge is 0.383 e. The number of nitrogens with two attached hydrogens (primary N) is 2. The van der Waals surface area contributed by atoms with Crippen molar-refractivity contribution in [3.63, 3.8) is 0 Å². The fourth-order valence-electron chi connectivity index (χ4n) is 1.24. The molecule has 0 radical (unpaired) electrons. The van der Waals surface area contributed by atoms with Crippen molar-refractivity contribution in [3.05, 3.63) is 22.9 Å². The van der Waals surface area contributed by atoms with E-state index in [9.17, 15) is 31.1 Å². The average Bonchev–Trinajstić information content (AvgIpc) is 2.24. The molecule has 1 aromatic heterocycles. The van der Waals surface area contributed by atoms with Crippen LogP contribution in [0.4, 0.5) is 32.2 Å². The number of nitrogens with one attached hydrogen (secondary N) is 1. The number of carbonyl (C=O) groups excluding carboxylic acids is 1. The van der Waals surface area contributed by atoms with Gasteiger partial charge in [0.25, 0.3) is 5.91 Å². The SMILES string of the molecule is NNC(=O)c1c(C(F)(F)F)cc(C(F)(F)F)nc1N. The number of aromatic nitrogens is 1. The number of alkyl halides is 6. The van der Waals surface area contributed by atoms with Crippen molar-refractivity contribution in [2.75, 3.05) is 5.73 Å². The third kappa shape index (κ3) is 3.05. The summed E-state index contributed by atoms with van der Waals surface area (Å²) in [5.41, 5.74) is 1.33. The molecule has 0 saturated carbocycles. The minimum atomic E-state index is -5.22. The van der Waals surface area contributed by atoms with Gasteiger partial charge in [0.1, 0.15) is 11.5 Å². The van der Waals surface area contributed by atoms with Gasteiger partial charge in [-0.25, -0.2) is 10.8 Å². The van der Waals surface area contributed by atoms with Gasteiger partial charge in [-0.1, -0.05) is 0 Å². The van der Waals surface area contributed by atoms with Crippen LogP contribution in [0.15, 0.2) is 6.07 Å². The van der Waals surface area contributed by atoms with E-state index in [2.05, 4.69) is 10.8 Å². The Labute approximate surface area is 101 Å². The summed E-state index contributed by atoms with van der Waals surface area (Å²) in [5.74, 6) is 1.92. The summed E-state index contributed by atoms with van der Waals surface area (Å²) in [5, 5.41) is 0. The van der Waals surface area contributed by atoms with E-state index in [-0.39, 0.29) is 6.07 Å². The van der Waals surface area contributed by atoms with E-state index in [0.717, 1.165) is 0 Å². The van der Waals surface area contributed by atoms with Gasteiger partial charge in [-0.05, 0) is 6.07 Å². The molecule has 0 aromatic carbocycles. The number of amides is 1. The Balaban J connectivity index is 3.62. The molecule has 1 amide bonds. The quantitative estimate of drug-likeness (QED) is 0.314. The third-order valence-electron chi connectivity index (χ3n) is 2.00. The average molecular weight is 288 g/mol. The van der Waals surface area contributed by atoms with Crippen molar-refractivity contribution in [3.8, 4) is 0 Å². The second kappa shape index (κ2) is 4.57. The van der Waals surface area contributed by atoms with Crippen LogP contribution in [0.5, 0.6) is 0 Å². The van der Waals surface area contributed by atoms with Crippen molar-refractivity contribution < 1.29 is 31.1 Å². The highest BCUT2D eigenvalue weighted by Crippen LogP contribution is 2.38. The summed E-state index contributed by atoms with van der Waals surface area (Å²) < 4.78 is 74.9. The first-order chi connectivity index (χ1) is 8.48. The maximum absolute atomic E-state index is 12.6. The number of halogens is 6. The molecular formula is C8H6F6N4O. The highest BCUT2D eigenvalue weighted by atomic mass is 19.4. The van der Waals surface area contributed by atoms with E-state index >= 15 is 0 Å². The predicted molar refractivity (Wildman–Crippen MR) is 50.3 cm³/mol. The summed E-state index contributed by atoms with van der Waals surface area (Å²) in [6.45, 7) is 0. The molecule has 1 aromatic rings. The highest BCUT2D eigenvalue weighted by molar-refractivity contribution is 5.99. The van der Waals surface area contributed by atoms with Crippen LogP contribution in [0, 0.1) is 0 Å². The second-order valence-electron chi connectivity index (χ2n) is 3.28. The Bertz CT molecular complexity index is 509. The minimum Gasteiger partial charge on any atom is -0.383 e. The number of hydrogen-bond donors (Lipinski definition) is 3. The lowest BCUT2D eigenvalue weighted by Gasteiger charge is -2.16. The van der Waals surface area contributed by atoms with Crippen LogP contribution in [0.2, 0.25) is 0 Å². The van der Waals surface area contributed by atoms with Gasteiger partial charge >= 0.3 is 12.4 Å². The topological polar surface area (TPSA) is 94.0 Å². The summed E-state index contributed by atoms with van der Waals surface area (Å²) in [6, 6.07) is -0.305. The van der Waals surface area contributed by atoms with Gasteiger partial charge in [0.2, 0.25) is 0 Å². The summed E-state index contributed by atoms with van der Waals surface area (Å²) in [6.07, 6.45) is -10.4. The molecule has 0 unspecified atom stereocenters. The lowest BCUT2D eigenvalue weighted by molar-refractivity contribution is -0.145. The molecule has 0 aliphatic heterocycles. The molecular weight excluding hydrogens is 282 g/mol. The fraction of sp³-hybridized carbons (Fsp3) is 0.250. The number of anilines is 1. The third-order valence-corrected chi connectivity index (χ3v) is 2.00. The largest absolute Gasteiger partial charge is 0.433 e. The zero-order valence-electron chi connectivity index (χ0n) is 8.86. The monoisotopic (exact) mass is 288 g/mol. The van der Waals surface area contributed by atoms with Crippen LogP contribution in [-0.4, -0.2) is 10.9 Å². The minimum absolute atomic E-state index is 0.305. The molecule has 0 atom stereocenters. The standard InChI is InChI=1S/C8H6F6N4O/c9-7(10,11)2-1-3(8(12,13)14)17-5(15)4(2)6(19)18-16/h1H,16H2,(H2,15,17)(H,18,19). The Morgan fingerprint density at radius 2 is 1.68 bits per heavy atom. The predicted octanol–water partition coefficient (Wildman–Crippen LogP) is 1.30. The molecule has 0 fully saturated rings. The van der Waals surface area contributed by atoms with Crippen LogP contribution < -0.4 is 17.0 Å². The Kier molecular flexibility index (Phi) is 3.61. The van der Waals surface area contributed by atoms with Gasteiger partial charge in [-0.2, -0.15) is 26.3 Å². The zero-order chi connectivity index (χ0) is 15.0. The number of carbonyl (C=O) groups is 1. The van der Waals surface area contributed by atoms with E-state index in [1.165, 1.54) is 5.43 Å². The molecule has 11 heteroatoms. The Morgan fingerprint density at radius 3 is 2.05 bits per heavy atom. The molecule has 1 heterocycles. The van der Waals surface area contributed by atoms with Crippen molar-refractivity contribution in [2.45, 2.75) is 12.4 Å². The molecule has 1 rings (SSSR count). The second-order valence-corrected chi connectivity index (χ2v) is 3.28. The number of nitrogen functional groups attached to an aromatic ring is 2. The van der Waals surface area contributed by atoms with Gasteiger partial charge in [-0.3, -0.25) is 10.2 Å².